The first-order valence-corrected chi connectivity index (χ1v) is 33.1. The summed E-state index contributed by atoms with van der Waals surface area (Å²) in [6, 6.07) is 1.29. The molecule has 0 aromatic rings. The summed E-state index contributed by atoms with van der Waals surface area (Å²) >= 11 is 0. The van der Waals surface area contributed by atoms with Crippen molar-refractivity contribution in [2.45, 2.75) is 224 Å². The van der Waals surface area contributed by atoms with Gasteiger partial charge in [-0.2, -0.15) is 35.4 Å². The number of carbonyl (C=O) groups excluding carboxylic acids is 1. The van der Waals surface area contributed by atoms with Crippen LogP contribution in [0.15, 0.2) is 0 Å². The van der Waals surface area contributed by atoms with Crippen molar-refractivity contribution in [1.82, 2.24) is 28.3 Å². The van der Waals surface area contributed by atoms with Gasteiger partial charge in [0.1, 0.15) is 11.6 Å². The second kappa shape index (κ2) is 25.0. The fourth-order valence-electron chi connectivity index (χ4n) is 13.5. The minimum absolute atomic E-state index is 0.155. The molecule has 0 bridgehead atoms. The Labute approximate surface area is 424 Å². The molecule has 1 amide bonds. The van der Waals surface area contributed by atoms with Crippen molar-refractivity contribution in [2.24, 2.45) is 27.6 Å². The maximum absolute atomic E-state index is 13.0. The number of sulfonamides is 1. The van der Waals surface area contributed by atoms with Crippen LogP contribution in [0.1, 0.15) is 213 Å². The fourth-order valence-corrected chi connectivity index (χ4v) is 16.7. The van der Waals surface area contributed by atoms with Crippen LogP contribution in [0.2, 0.25) is 0 Å². The van der Waals surface area contributed by atoms with E-state index in [0.29, 0.717) is 61.7 Å². The fraction of sp³-hybridized carbons (Fsp3) is 0.961. The Hall–Kier alpha value is -1.10. The highest BCUT2D eigenvalue weighted by Gasteiger charge is 2.47. The number of nitriles is 1. The van der Waals surface area contributed by atoms with E-state index in [2.05, 4.69) is 21.4 Å². The summed E-state index contributed by atoms with van der Waals surface area (Å²) in [5, 5.41) is 15.4. The highest BCUT2D eigenvalue weighted by atomic mass is 35.7. The van der Waals surface area contributed by atoms with Gasteiger partial charge in [0, 0.05) is 50.0 Å². The Bertz CT molecular complexity index is 1900. The van der Waals surface area contributed by atoms with Crippen LogP contribution < -0.4 is 15.4 Å². The molecule has 0 radical (unpaired) electrons. The van der Waals surface area contributed by atoms with Crippen LogP contribution in [0.25, 0.3) is 0 Å². The number of halogens is 1. The zero-order valence-electron chi connectivity index (χ0n) is 43.0. The topological polar surface area (TPSA) is 189 Å². The van der Waals surface area contributed by atoms with E-state index in [-0.39, 0.29) is 5.92 Å². The third-order valence-corrected chi connectivity index (χ3v) is 22.9. The Morgan fingerprint density at radius 2 is 0.899 bits per heavy atom. The highest BCUT2D eigenvalue weighted by Crippen LogP contribution is 2.48. The van der Waals surface area contributed by atoms with E-state index in [1.165, 1.54) is 169 Å². The van der Waals surface area contributed by atoms with E-state index < -0.39 is 47.0 Å². The summed E-state index contributed by atoms with van der Waals surface area (Å²) in [5.74, 6) is -0.236. The molecule has 0 aromatic carbocycles. The van der Waals surface area contributed by atoms with Gasteiger partial charge < -0.3 is 10.6 Å². The average molecular weight is 1050 g/mol. The molecule has 14 nitrogen and oxygen atoms in total. The van der Waals surface area contributed by atoms with Crippen LogP contribution in [0.5, 0.6) is 0 Å². The van der Waals surface area contributed by atoms with Gasteiger partial charge in [-0.15, -0.1) is 0 Å². The van der Waals surface area contributed by atoms with Crippen molar-refractivity contribution >= 4 is 46.1 Å². The highest BCUT2D eigenvalue weighted by molar-refractivity contribution is 8.11. The van der Waals surface area contributed by atoms with E-state index in [1.807, 2.05) is 13.8 Å². The van der Waals surface area contributed by atoms with E-state index in [0.717, 1.165) is 57.0 Å². The largest absolute Gasteiger partial charge is 0.336 e. The summed E-state index contributed by atoms with van der Waals surface area (Å²) in [6.07, 6.45) is 38.9. The summed E-state index contributed by atoms with van der Waals surface area (Å²) in [4.78, 5) is 12.7. The Balaban J connectivity index is 0.000000162. The second-order valence-electron chi connectivity index (χ2n) is 23.9. The van der Waals surface area contributed by atoms with Crippen LogP contribution in [-0.4, -0.2) is 114 Å². The van der Waals surface area contributed by atoms with Gasteiger partial charge in [-0.1, -0.05) is 90.9 Å². The molecular formula is C51H92ClN7O7S3. The summed E-state index contributed by atoms with van der Waals surface area (Å²) in [7, 11) is -4.82. The lowest BCUT2D eigenvalue weighted by atomic mass is 9.68. The smallest absolute Gasteiger partial charge is 0.299 e. The van der Waals surface area contributed by atoms with Gasteiger partial charge >= 0.3 is 0 Å². The number of carbonyl (C=O) groups is 1. The number of amides is 1. The summed E-state index contributed by atoms with van der Waals surface area (Å²) in [6.45, 7) is 10.2. The van der Waals surface area contributed by atoms with Crippen LogP contribution in [-0.2, 0) is 34.3 Å². The van der Waals surface area contributed by atoms with Crippen LogP contribution in [0.4, 0.5) is 0 Å². The number of nitrogens with zero attached hydrogens (tertiary/aromatic N) is 4. The first-order chi connectivity index (χ1) is 32.6. The van der Waals surface area contributed by atoms with Crippen LogP contribution >= 0.6 is 10.7 Å². The van der Waals surface area contributed by atoms with Gasteiger partial charge in [0.15, 0.2) is 0 Å². The van der Waals surface area contributed by atoms with E-state index >= 15 is 0 Å². The van der Waals surface area contributed by atoms with Gasteiger partial charge in [-0.25, -0.2) is 12.7 Å². The third kappa shape index (κ3) is 17.0. The van der Waals surface area contributed by atoms with Gasteiger partial charge in [0.05, 0.1) is 12.3 Å². The molecule has 9 rings (SSSR count). The molecule has 5 saturated carbocycles. The molecule has 398 valence electrons. The van der Waals surface area contributed by atoms with Gasteiger partial charge in [-0.3, -0.25) is 4.79 Å². The predicted molar refractivity (Wildman–Crippen MR) is 277 cm³/mol. The Morgan fingerprint density at radius 1 is 0.551 bits per heavy atom. The third-order valence-electron chi connectivity index (χ3n) is 18.4. The number of hydrogen-bond donors (Lipinski definition) is 3. The van der Waals surface area contributed by atoms with E-state index in [4.69, 9.17) is 10.7 Å². The monoisotopic (exact) mass is 1050 g/mol. The van der Waals surface area contributed by atoms with Crippen molar-refractivity contribution in [2.75, 3.05) is 58.6 Å². The number of rotatable bonds is 9. The molecule has 9 aliphatic rings. The molecule has 18 heteroatoms. The predicted octanol–water partition coefficient (Wildman–Crippen LogP) is 9.28. The van der Waals surface area contributed by atoms with Crippen LogP contribution in [0, 0.1) is 38.9 Å². The molecule has 9 fully saturated rings. The lowest BCUT2D eigenvalue weighted by Gasteiger charge is -2.43. The minimum atomic E-state index is -3.73. The normalized spacial score (nSPS) is 27.3. The molecule has 4 saturated heterocycles. The molecule has 5 aliphatic carbocycles. The molecule has 69 heavy (non-hydrogen) atoms. The van der Waals surface area contributed by atoms with Gasteiger partial charge in [-0.05, 0) is 163 Å². The Morgan fingerprint density at radius 3 is 1.22 bits per heavy atom. The molecule has 3 N–H and O–H groups in total. The zero-order chi connectivity index (χ0) is 49.9. The van der Waals surface area contributed by atoms with Crippen molar-refractivity contribution in [3.05, 3.63) is 0 Å². The summed E-state index contributed by atoms with van der Waals surface area (Å²) < 4.78 is 78.2. The van der Waals surface area contributed by atoms with Crippen molar-refractivity contribution < 1.29 is 30.0 Å². The SMILES string of the molecule is C1CCC2(CC1)CCNCC2.CC(C)CC(NS(=O)(=O)N1CCC2(CCCCC2)CC1)C(=O)NC1(C#N)CC1.CS(=O)(=O)N1CCC2(CCCCC2)CC1.O=S(=O)(Cl)N1CCC2(CCCCC2)CC1. The van der Waals surface area contributed by atoms with E-state index in [9.17, 15) is 35.3 Å². The first-order valence-electron chi connectivity index (χ1n) is 27.5. The van der Waals surface area contributed by atoms with Gasteiger partial charge in [0.25, 0.3) is 19.4 Å². The lowest BCUT2D eigenvalue weighted by molar-refractivity contribution is -0.123. The van der Waals surface area contributed by atoms with Crippen molar-refractivity contribution in [1.29, 1.82) is 5.26 Å². The second-order valence-corrected chi connectivity index (χ2v) is 30.1. The molecule has 4 spiro atoms. The quantitative estimate of drug-likeness (QED) is 0.189. The van der Waals surface area contributed by atoms with Crippen molar-refractivity contribution in [3.8, 4) is 6.07 Å². The van der Waals surface area contributed by atoms with E-state index in [1.54, 1.807) is 4.31 Å². The number of hydrogen-bond acceptors (Lipinski definition) is 9. The molecule has 1 unspecified atom stereocenters. The molecule has 1 atom stereocenters. The molecular weight excluding hydrogens is 954 g/mol. The minimum Gasteiger partial charge on any atom is -0.336 e. The lowest BCUT2D eigenvalue weighted by Crippen LogP contribution is -2.55. The maximum atomic E-state index is 13.0. The van der Waals surface area contributed by atoms with Crippen LogP contribution in [0.3, 0.4) is 0 Å². The number of nitrogens with one attached hydrogen (secondary N) is 3. The first kappa shape index (κ1) is 57.2. The zero-order valence-corrected chi connectivity index (χ0v) is 46.2. The average Bonchev–Trinajstić information content (AvgIpc) is 4.10. The standard InChI is InChI=1S/C20H34N4O3S.C11H21NO2S.C10H18ClNO2S.C10H19N/c1-16(2)14-17(18(25)22-20(15-21)8-9-20)23-28(26,27)24-12-10-19(11-13-24)6-4-3-5-7-19;1-15(13,14)12-9-7-11(8-10-12)5-3-2-4-6-11;11-15(13,14)12-8-6-10(7-9-12)4-2-1-3-5-10;1-2-4-10(5-3-1)6-8-11-9-7-10/h16-17,23H,3-14H2,1-2H3,(H,22,25);2-10H2,1H3;1-9H2;11H,1-9H2. The maximum Gasteiger partial charge on any atom is 0.299 e. The number of piperidine rings is 4. The van der Waals surface area contributed by atoms with Gasteiger partial charge in [0.2, 0.25) is 15.9 Å². The molecule has 0 aromatic heterocycles. The molecule has 4 heterocycles. The summed E-state index contributed by atoms with van der Waals surface area (Å²) in [5.41, 5.74) is 1.26. The van der Waals surface area contributed by atoms with Crippen molar-refractivity contribution in [3.63, 3.8) is 0 Å². The molecule has 4 aliphatic heterocycles. The Kier molecular flexibility index (Phi) is 20.7.